The quantitative estimate of drug-likeness (QED) is 0.829. The van der Waals surface area contributed by atoms with Gasteiger partial charge in [0.2, 0.25) is 11.8 Å². The minimum Gasteiger partial charge on any atom is -0.493 e. The molecule has 0 radical (unpaired) electrons. The van der Waals surface area contributed by atoms with Crippen LogP contribution in [0.2, 0.25) is 0 Å². The summed E-state index contributed by atoms with van der Waals surface area (Å²) in [6.45, 7) is 0.941. The van der Waals surface area contributed by atoms with Crippen LogP contribution >= 0.6 is 0 Å². The molecule has 1 fully saturated rings. The van der Waals surface area contributed by atoms with Crippen molar-refractivity contribution in [1.29, 1.82) is 0 Å². The largest absolute Gasteiger partial charge is 0.493 e. The maximum atomic E-state index is 13.1. The lowest BCUT2D eigenvalue weighted by Gasteiger charge is -2.18. The Labute approximate surface area is 150 Å². The molecule has 1 saturated heterocycles. The first kappa shape index (κ1) is 17.8. The lowest BCUT2D eigenvalue weighted by atomic mass is 10.3. The van der Waals surface area contributed by atoms with Crippen LogP contribution in [-0.2, 0) is 0 Å². The molecule has 2 heterocycles. The van der Waals surface area contributed by atoms with Crippen LogP contribution in [0.5, 0.6) is 17.4 Å². The highest BCUT2D eigenvalue weighted by atomic mass is 19.1. The Balaban J connectivity index is 1.58. The Hall–Kier alpha value is -3.03. The van der Waals surface area contributed by atoms with E-state index in [9.17, 15) is 9.18 Å². The van der Waals surface area contributed by atoms with E-state index in [4.69, 9.17) is 14.2 Å². The number of pyridine rings is 1. The second-order valence-electron chi connectivity index (χ2n) is 5.77. The molecule has 2 aromatic rings. The van der Waals surface area contributed by atoms with E-state index < -0.39 is 5.95 Å². The molecule has 1 N–H and O–H groups in total. The minimum atomic E-state index is -0.594. The summed E-state index contributed by atoms with van der Waals surface area (Å²) < 4.78 is 29.2. The molecule has 0 aliphatic carbocycles. The van der Waals surface area contributed by atoms with Gasteiger partial charge in [0.05, 0.1) is 20.8 Å². The van der Waals surface area contributed by atoms with Crippen molar-refractivity contribution in [1.82, 2.24) is 9.88 Å². The molecule has 7 nitrogen and oxygen atoms in total. The third kappa shape index (κ3) is 4.14. The topological polar surface area (TPSA) is 72.9 Å². The summed E-state index contributed by atoms with van der Waals surface area (Å²) in [5.74, 6) is 0.744. The van der Waals surface area contributed by atoms with Gasteiger partial charge in [-0.3, -0.25) is 0 Å². The fourth-order valence-corrected chi connectivity index (χ4v) is 2.75. The van der Waals surface area contributed by atoms with Crippen molar-refractivity contribution in [3.63, 3.8) is 0 Å². The number of aromatic nitrogens is 1. The SMILES string of the molecule is COc1ccc(NC(=O)N2CCC(Oc3cccc(F)n3)C2)cc1OC. The number of nitrogens with zero attached hydrogens (tertiary/aromatic N) is 2. The maximum Gasteiger partial charge on any atom is 0.321 e. The molecule has 1 aromatic heterocycles. The molecular formula is C18H20FN3O4. The second kappa shape index (κ2) is 7.90. The van der Waals surface area contributed by atoms with Gasteiger partial charge >= 0.3 is 6.03 Å². The van der Waals surface area contributed by atoms with Crippen LogP contribution in [-0.4, -0.2) is 49.3 Å². The summed E-state index contributed by atoms with van der Waals surface area (Å²) in [5.41, 5.74) is 0.601. The number of anilines is 1. The molecule has 1 atom stereocenters. The van der Waals surface area contributed by atoms with Crippen LogP contribution in [0.4, 0.5) is 14.9 Å². The summed E-state index contributed by atoms with van der Waals surface area (Å²) in [7, 11) is 3.08. The monoisotopic (exact) mass is 361 g/mol. The van der Waals surface area contributed by atoms with Crippen molar-refractivity contribution in [3.8, 4) is 17.4 Å². The molecule has 1 unspecified atom stereocenters. The van der Waals surface area contributed by atoms with E-state index in [1.165, 1.54) is 19.2 Å². The zero-order chi connectivity index (χ0) is 18.5. The van der Waals surface area contributed by atoms with Crippen LogP contribution in [0, 0.1) is 5.95 Å². The van der Waals surface area contributed by atoms with Crippen molar-refractivity contribution >= 4 is 11.7 Å². The summed E-state index contributed by atoms with van der Waals surface area (Å²) >= 11 is 0. The molecule has 8 heteroatoms. The summed E-state index contributed by atoms with van der Waals surface area (Å²) in [5, 5.41) is 2.82. The first-order valence-corrected chi connectivity index (χ1v) is 8.16. The van der Waals surface area contributed by atoms with E-state index in [1.54, 1.807) is 36.3 Å². The lowest BCUT2D eigenvalue weighted by Crippen LogP contribution is -2.34. The van der Waals surface area contributed by atoms with Crippen molar-refractivity contribution < 1.29 is 23.4 Å². The number of hydrogen-bond donors (Lipinski definition) is 1. The summed E-state index contributed by atoms with van der Waals surface area (Å²) in [6.07, 6.45) is 0.429. The van der Waals surface area contributed by atoms with Gasteiger partial charge in [-0.2, -0.15) is 9.37 Å². The van der Waals surface area contributed by atoms with Gasteiger partial charge in [-0.05, 0) is 18.2 Å². The fraction of sp³-hybridized carbons (Fsp3) is 0.333. The van der Waals surface area contributed by atoms with Crippen LogP contribution in [0.25, 0.3) is 0 Å². The molecule has 1 aliphatic heterocycles. The minimum absolute atomic E-state index is 0.220. The molecular weight excluding hydrogens is 341 g/mol. The number of urea groups is 1. The molecule has 0 bridgehead atoms. The zero-order valence-electron chi connectivity index (χ0n) is 14.6. The number of nitrogens with one attached hydrogen (secondary N) is 1. The number of hydrogen-bond acceptors (Lipinski definition) is 5. The molecule has 0 saturated carbocycles. The molecule has 2 amide bonds. The highest BCUT2D eigenvalue weighted by molar-refractivity contribution is 5.90. The van der Waals surface area contributed by atoms with E-state index in [1.807, 2.05) is 0 Å². The number of amides is 2. The number of likely N-dealkylation sites (tertiary alicyclic amines) is 1. The predicted molar refractivity (Wildman–Crippen MR) is 93.4 cm³/mol. The average Bonchev–Trinajstić information content (AvgIpc) is 3.10. The van der Waals surface area contributed by atoms with Gasteiger partial charge in [0.25, 0.3) is 0 Å². The van der Waals surface area contributed by atoms with Crippen LogP contribution in [0.15, 0.2) is 36.4 Å². The number of ether oxygens (including phenoxy) is 3. The Kier molecular flexibility index (Phi) is 5.40. The number of benzene rings is 1. The third-order valence-electron chi connectivity index (χ3n) is 4.04. The standard InChI is InChI=1S/C18H20FN3O4/c1-24-14-7-6-12(10-15(14)25-2)20-18(23)22-9-8-13(11-22)26-17-5-3-4-16(19)21-17/h3-7,10,13H,8-9,11H2,1-2H3,(H,20,23). The molecule has 0 spiro atoms. The van der Waals surface area contributed by atoms with Gasteiger partial charge in [-0.25, -0.2) is 4.79 Å². The fourth-order valence-electron chi connectivity index (χ4n) is 2.75. The second-order valence-corrected chi connectivity index (χ2v) is 5.77. The Morgan fingerprint density at radius 3 is 2.77 bits per heavy atom. The van der Waals surface area contributed by atoms with Gasteiger partial charge in [0.1, 0.15) is 6.10 Å². The first-order valence-electron chi connectivity index (χ1n) is 8.16. The normalized spacial score (nSPS) is 16.3. The van der Waals surface area contributed by atoms with Gasteiger partial charge in [-0.1, -0.05) is 6.07 Å². The first-order chi connectivity index (χ1) is 12.6. The molecule has 138 valence electrons. The van der Waals surface area contributed by atoms with Crippen molar-refractivity contribution in [2.24, 2.45) is 0 Å². The molecule has 1 aliphatic rings. The Morgan fingerprint density at radius 1 is 1.23 bits per heavy atom. The highest BCUT2D eigenvalue weighted by Crippen LogP contribution is 2.30. The van der Waals surface area contributed by atoms with Crippen LogP contribution in [0.1, 0.15) is 6.42 Å². The van der Waals surface area contributed by atoms with Gasteiger partial charge < -0.3 is 24.4 Å². The van der Waals surface area contributed by atoms with E-state index in [0.29, 0.717) is 36.7 Å². The summed E-state index contributed by atoms with van der Waals surface area (Å²) in [4.78, 5) is 17.7. The molecule has 26 heavy (non-hydrogen) atoms. The van der Waals surface area contributed by atoms with E-state index in [2.05, 4.69) is 10.3 Å². The summed E-state index contributed by atoms with van der Waals surface area (Å²) in [6, 6.07) is 9.29. The van der Waals surface area contributed by atoms with Crippen LogP contribution in [0.3, 0.4) is 0 Å². The number of carbonyl (C=O) groups is 1. The third-order valence-corrected chi connectivity index (χ3v) is 4.04. The average molecular weight is 361 g/mol. The molecule has 3 rings (SSSR count). The van der Waals surface area contributed by atoms with Crippen molar-refractivity contribution in [2.75, 3.05) is 32.6 Å². The van der Waals surface area contributed by atoms with E-state index in [-0.39, 0.29) is 18.0 Å². The van der Waals surface area contributed by atoms with Gasteiger partial charge in [0, 0.05) is 30.8 Å². The Morgan fingerprint density at radius 2 is 2.04 bits per heavy atom. The van der Waals surface area contributed by atoms with Crippen molar-refractivity contribution in [3.05, 3.63) is 42.3 Å². The maximum absolute atomic E-state index is 13.1. The zero-order valence-corrected chi connectivity index (χ0v) is 14.6. The molecule has 1 aromatic carbocycles. The van der Waals surface area contributed by atoms with Crippen molar-refractivity contribution in [2.45, 2.75) is 12.5 Å². The number of methoxy groups -OCH3 is 2. The van der Waals surface area contributed by atoms with Gasteiger partial charge in [-0.15, -0.1) is 0 Å². The lowest BCUT2D eigenvalue weighted by molar-refractivity contribution is 0.188. The van der Waals surface area contributed by atoms with Gasteiger partial charge in [0.15, 0.2) is 11.5 Å². The van der Waals surface area contributed by atoms with Crippen LogP contribution < -0.4 is 19.5 Å². The number of halogens is 1. The Bertz CT molecular complexity index is 787. The van der Waals surface area contributed by atoms with E-state index in [0.717, 1.165) is 0 Å². The highest BCUT2D eigenvalue weighted by Gasteiger charge is 2.28. The smallest absolute Gasteiger partial charge is 0.321 e. The number of rotatable bonds is 5. The predicted octanol–water partition coefficient (Wildman–Crippen LogP) is 2.92. The van der Waals surface area contributed by atoms with E-state index >= 15 is 0 Å². The number of carbonyl (C=O) groups excluding carboxylic acids is 1.